The van der Waals surface area contributed by atoms with Crippen LogP contribution in [0.1, 0.15) is 43.4 Å². The van der Waals surface area contributed by atoms with E-state index in [0.29, 0.717) is 24.1 Å². The highest BCUT2D eigenvalue weighted by molar-refractivity contribution is 5.86. The third-order valence-corrected chi connectivity index (χ3v) is 5.72. The number of nitriles is 2. The molecule has 0 saturated heterocycles. The van der Waals surface area contributed by atoms with Crippen LogP contribution in [0.3, 0.4) is 0 Å². The van der Waals surface area contributed by atoms with Crippen LogP contribution in [0.5, 0.6) is 0 Å². The van der Waals surface area contributed by atoms with E-state index in [2.05, 4.69) is 35.7 Å². The van der Waals surface area contributed by atoms with Crippen molar-refractivity contribution in [1.82, 2.24) is 9.38 Å². The summed E-state index contributed by atoms with van der Waals surface area (Å²) >= 11 is 0. The second-order valence-corrected chi connectivity index (χ2v) is 7.34. The summed E-state index contributed by atoms with van der Waals surface area (Å²) < 4.78 is 2.07. The molecule has 0 spiro atoms. The number of nitrogens with zero attached hydrogens (tertiary/aromatic N) is 4. The Hall–Kier alpha value is -3.09. The zero-order valence-electron chi connectivity index (χ0n) is 17.5. The van der Waals surface area contributed by atoms with Crippen molar-refractivity contribution in [3.63, 3.8) is 0 Å². The number of anilines is 1. The topological polar surface area (TPSA) is 81.3 Å². The van der Waals surface area contributed by atoms with Gasteiger partial charge in [-0.1, -0.05) is 12.1 Å². The van der Waals surface area contributed by atoms with Crippen molar-refractivity contribution >= 4 is 22.5 Å². The lowest BCUT2D eigenvalue weighted by molar-refractivity contribution is -0.896. The molecule has 1 aromatic carbocycles. The molecule has 6 nitrogen and oxygen atoms in total. The molecule has 0 aliphatic carbocycles. The zero-order valence-corrected chi connectivity index (χ0v) is 17.5. The number of fused-ring (bicyclic) bond motifs is 3. The van der Waals surface area contributed by atoms with E-state index in [1.54, 1.807) is 4.90 Å². The van der Waals surface area contributed by atoms with E-state index in [-0.39, 0.29) is 0 Å². The largest absolute Gasteiger partial charge is 0.371 e. The van der Waals surface area contributed by atoms with Crippen LogP contribution in [-0.2, 0) is 6.42 Å². The fourth-order valence-electron chi connectivity index (χ4n) is 4.01. The molecular formula is C23H29N6+. The molecule has 2 N–H and O–H groups in total. The lowest BCUT2D eigenvalue weighted by atomic mass is 10.0. The molecule has 0 atom stereocenters. The standard InChI is InChI=1S/C23H28N6/c1-4-28(5-2)15-9-14-26-22-18(10-8-13-24)17(3)19(16-25)23-27-20-11-6-7-12-21(20)29(22)23/h6-7,11-12,26H,4-5,8-10,14-15H2,1-3H3/p+1. The van der Waals surface area contributed by atoms with Crippen LogP contribution in [-0.4, -0.2) is 35.6 Å². The first-order valence-corrected chi connectivity index (χ1v) is 10.4. The van der Waals surface area contributed by atoms with Crippen LogP contribution in [0.4, 0.5) is 5.82 Å². The maximum absolute atomic E-state index is 9.82. The predicted octanol–water partition coefficient (Wildman–Crippen LogP) is 2.85. The van der Waals surface area contributed by atoms with E-state index in [9.17, 15) is 5.26 Å². The Balaban J connectivity index is 2.09. The molecule has 0 saturated carbocycles. The number of rotatable bonds is 9. The van der Waals surface area contributed by atoms with Gasteiger partial charge in [0.05, 0.1) is 42.3 Å². The number of quaternary nitrogens is 1. The molecule has 0 aliphatic rings. The fraction of sp³-hybridized carbons (Fsp3) is 0.435. The van der Waals surface area contributed by atoms with Gasteiger partial charge >= 0.3 is 0 Å². The molecular weight excluding hydrogens is 360 g/mol. The van der Waals surface area contributed by atoms with Crippen LogP contribution < -0.4 is 10.2 Å². The van der Waals surface area contributed by atoms with E-state index in [4.69, 9.17) is 10.2 Å². The maximum atomic E-state index is 9.82. The molecule has 2 heterocycles. The van der Waals surface area contributed by atoms with Crippen molar-refractivity contribution < 1.29 is 4.90 Å². The monoisotopic (exact) mass is 389 g/mol. The van der Waals surface area contributed by atoms with Crippen molar-refractivity contribution in [1.29, 1.82) is 10.5 Å². The molecule has 3 rings (SSSR count). The Labute approximate surface area is 172 Å². The van der Waals surface area contributed by atoms with Gasteiger partial charge in [0.25, 0.3) is 0 Å². The van der Waals surface area contributed by atoms with E-state index >= 15 is 0 Å². The summed E-state index contributed by atoms with van der Waals surface area (Å²) in [6.45, 7) is 10.6. The van der Waals surface area contributed by atoms with E-state index in [1.807, 2.05) is 31.2 Å². The minimum absolute atomic E-state index is 0.419. The second-order valence-electron chi connectivity index (χ2n) is 7.34. The number of pyridine rings is 1. The first-order chi connectivity index (χ1) is 14.2. The molecule has 0 bridgehead atoms. The minimum atomic E-state index is 0.419. The lowest BCUT2D eigenvalue weighted by Gasteiger charge is -2.19. The number of nitrogens with one attached hydrogen (secondary N) is 2. The average Bonchev–Trinajstić information content (AvgIpc) is 3.12. The number of benzene rings is 1. The maximum Gasteiger partial charge on any atom is 0.157 e. The van der Waals surface area contributed by atoms with Crippen molar-refractivity contribution in [2.75, 3.05) is 31.5 Å². The summed E-state index contributed by atoms with van der Waals surface area (Å²) in [5, 5.41) is 22.6. The molecule has 0 radical (unpaired) electrons. The lowest BCUT2D eigenvalue weighted by Crippen LogP contribution is -3.11. The van der Waals surface area contributed by atoms with Crippen LogP contribution in [0.2, 0.25) is 0 Å². The van der Waals surface area contributed by atoms with Crippen LogP contribution in [0, 0.1) is 29.6 Å². The Bertz CT molecular complexity index is 1080. The van der Waals surface area contributed by atoms with Crippen molar-refractivity contribution in [3.8, 4) is 12.1 Å². The number of hydrogen-bond acceptors (Lipinski definition) is 4. The van der Waals surface area contributed by atoms with E-state index < -0.39 is 0 Å². The molecule has 2 aromatic heterocycles. The number of aromatic nitrogens is 2. The Kier molecular flexibility index (Phi) is 6.69. The highest BCUT2D eigenvalue weighted by atomic mass is 15.1. The number of para-hydroxylation sites is 2. The predicted molar refractivity (Wildman–Crippen MR) is 116 cm³/mol. The van der Waals surface area contributed by atoms with Crippen LogP contribution >= 0.6 is 0 Å². The summed E-state index contributed by atoms with van der Waals surface area (Å²) in [5.41, 5.74) is 5.08. The van der Waals surface area contributed by atoms with Crippen molar-refractivity contribution in [3.05, 3.63) is 41.0 Å². The molecule has 150 valence electrons. The summed E-state index contributed by atoms with van der Waals surface area (Å²) in [7, 11) is 0. The van der Waals surface area contributed by atoms with Crippen LogP contribution in [0.25, 0.3) is 16.7 Å². The molecule has 0 fully saturated rings. The van der Waals surface area contributed by atoms with Gasteiger partial charge in [-0.05, 0) is 50.5 Å². The third-order valence-electron chi connectivity index (χ3n) is 5.72. The zero-order chi connectivity index (χ0) is 20.8. The average molecular weight is 390 g/mol. The summed E-state index contributed by atoms with van der Waals surface area (Å²) in [6.07, 6.45) is 2.09. The van der Waals surface area contributed by atoms with Crippen molar-refractivity contribution in [2.24, 2.45) is 0 Å². The Morgan fingerprint density at radius 1 is 1.17 bits per heavy atom. The quantitative estimate of drug-likeness (QED) is 0.552. The Morgan fingerprint density at radius 3 is 2.62 bits per heavy atom. The van der Waals surface area contributed by atoms with Gasteiger partial charge in [0.2, 0.25) is 0 Å². The SMILES string of the molecule is CC[NH+](CC)CCCNc1c(CCC#N)c(C)c(C#N)c2nc3ccccc3n12. The highest BCUT2D eigenvalue weighted by Gasteiger charge is 2.20. The molecule has 6 heteroatoms. The number of hydrogen-bond donors (Lipinski definition) is 2. The highest BCUT2D eigenvalue weighted by Crippen LogP contribution is 2.31. The van der Waals surface area contributed by atoms with E-state index in [0.717, 1.165) is 60.6 Å². The summed E-state index contributed by atoms with van der Waals surface area (Å²) in [4.78, 5) is 6.33. The van der Waals surface area contributed by atoms with Gasteiger partial charge in [-0.15, -0.1) is 0 Å². The van der Waals surface area contributed by atoms with Crippen molar-refractivity contribution in [2.45, 2.75) is 40.0 Å². The summed E-state index contributed by atoms with van der Waals surface area (Å²) in [5.74, 6) is 0.968. The van der Waals surface area contributed by atoms with Gasteiger partial charge in [-0.25, -0.2) is 4.98 Å². The van der Waals surface area contributed by atoms with Gasteiger partial charge in [0.15, 0.2) is 5.65 Å². The molecule has 0 unspecified atom stereocenters. The first-order valence-electron chi connectivity index (χ1n) is 10.4. The van der Waals surface area contributed by atoms with Crippen LogP contribution in [0.15, 0.2) is 24.3 Å². The Morgan fingerprint density at radius 2 is 1.93 bits per heavy atom. The number of imidazole rings is 1. The second kappa shape index (κ2) is 9.41. The molecule has 0 aliphatic heterocycles. The van der Waals surface area contributed by atoms with Gasteiger partial charge in [-0.3, -0.25) is 4.40 Å². The first kappa shape index (κ1) is 20.6. The van der Waals surface area contributed by atoms with Gasteiger partial charge in [0.1, 0.15) is 11.9 Å². The molecule has 29 heavy (non-hydrogen) atoms. The van der Waals surface area contributed by atoms with Gasteiger partial charge in [0, 0.05) is 19.4 Å². The fourth-order valence-corrected chi connectivity index (χ4v) is 4.01. The third kappa shape index (κ3) is 4.04. The smallest absolute Gasteiger partial charge is 0.157 e. The van der Waals surface area contributed by atoms with Gasteiger partial charge in [-0.2, -0.15) is 10.5 Å². The summed E-state index contributed by atoms with van der Waals surface area (Å²) in [6, 6.07) is 12.5. The molecule has 3 aromatic rings. The van der Waals surface area contributed by atoms with Gasteiger partial charge < -0.3 is 10.2 Å². The molecule has 0 amide bonds. The minimum Gasteiger partial charge on any atom is -0.371 e. The van der Waals surface area contributed by atoms with E-state index in [1.165, 1.54) is 0 Å². The normalized spacial score (nSPS) is 11.1.